The molecule has 2 aromatic heterocycles. The van der Waals surface area contributed by atoms with Crippen molar-refractivity contribution in [2.24, 2.45) is 0 Å². The van der Waals surface area contributed by atoms with Gasteiger partial charge in [-0.05, 0) is 74.6 Å². The molecule has 8 nitrogen and oxygen atoms in total. The van der Waals surface area contributed by atoms with Gasteiger partial charge in [-0.25, -0.2) is 9.59 Å². The molecule has 0 bridgehead atoms. The molecule has 2 aliphatic rings. The zero-order chi connectivity index (χ0) is 26.8. The number of carbonyl (C=O) groups is 4. The lowest BCUT2D eigenvalue weighted by molar-refractivity contribution is 0.0591. The van der Waals surface area contributed by atoms with Gasteiger partial charge in [0.1, 0.15) is 10.0 Å². The number of hydrogen-bond acceptors (Lipinski definition) is 8. The summed E-state index contributed by atoms with van der Waals surface area (Å²) in [5.41, 5.74) is 2.99. The number of anilines is 2. The summed E-state index contributed by atoms with van der Waals surface area (Å²) in [7, 11) is 2.65. The maximum Gasteiger partial charge on any atom is 0.341 e. The summed E-state index contributed by atoms with van der Waals surface area (Å²) in [6.45, 7) is 0. The first-order valence-corrected chi connectivity index (χ1v) is 14.2. The van der Waals surface area contributed by atoms with Crippen molar-refractivity contribution in [3.8, 4) is 0 Å². The molecule has 5 rings (SSSR count). The molecule has 3 aromatic rings. The number of carbonyl (C=O) groups excluding carboxylic acids is 4. The van der Waals surface area contributed by atoms with E-state index in [0.717, 1.165) is 72.2 Å². The largest absolute Gasteiger partial charge is 0.465 e. The van der Waals surface area contributed by atoms with Crippen molar-refractivity contribution in [3.05, 3.63) is 67.4 Å². The third kappa shape index (κ3) is 4.86. The fourth-order valence-electron chi connectivity index (χ4n) is 5.16. The second kappa shape index (κ2) is 11.1. The van der Waals surface area contributed by atoms with E-state index in [1.807, 2.05) is 0 Å². The minimum atomic E-state index is -0.502. The second-order valence-electron chi connectivity index (χ2n) is 9.27. The van der Waals surface area contributed by atoms with Gasteiger partial charge < -0.3 is 20.1 Å². The molecule has 2 aliphatic carbocycles. The van der Waals surface area contributed by atoms with Gasteiger partial charge in [0.05, 0.1) is 36.5 Å². The Kier molecular flexibility index (Phi) is 7.62. The van der Waals surface area contributed by atoms with Crippen LogP contribution < -0.4 is 10.6 Å². The number of fused-ring (bicyclic) bond motifs is 2. The average Bonchev–Trinajstić information content (AvgIpc) is 3.49. The maximum atomic E-state index is 13.4. The highest BCUT2D eigenvalue weighted by atomic mass is 32.1. The summed E-state index contributed by atoms with van der Waals surface area (Å²) in [5.74, 6) is -1.97. The molecule has 0 unspecified atom stereocenters. The number of methoxy groups -OCH3 is 2. The molecular weight excluding hydrogens is 524 g/mol. The van der Waals surface area contributed by atoms with Crippen LogP contribution >= 0.6 is 22.7 Å². The predicted octanol–water partition coefficient (Wildman–Crippen LogP) is 5.65. The van der Waals surface area contributed by atoms with Crippen molar-refractivity contribution in [3.63, 3.8) is 0 Å². The summed E-state index contributed by atoms with van der Waals surface area (Å²) in [6, 6.07) is 6.48. The number of aryl methyl sites for hydroxylation is 2. The van der Waals surface area contributed by atoms with Crippen LogP contribution in [0.3, 0.4) is 0 Å². The smallest absolute Gasteiger partial charge is 0.341 e. The lowest BCUT2D eigenvalue weighted by Gasteiger charge is -2.13. The Morgan fingerprint density at radius 1 is 0.658 bits per heavy atom. The number of amides is 2. The second-order valence-corrected chi connectivity index (χ2v) is 11.5. The Labute approximate surface area is 228 Å². The minimum absolute atomic E-state index is 0.160. The van der Waals surface area contributed by atoms with Crippen molar-refractivity contribution in [1.82, 2.24) is 0 Å². The van der Waals surface area contributed by atoms with Gasteiger partial charge in [-0.15, -0.1) is 22.7 Å². The van der Waals surface area contributed by atoms with Crippen LogP contribution in [0.15, 0.2) is 24.3 Å². The zero-order valence-corrected chi connectivity index (χ0v) is 22.9. The third-order valence-corrected chi connectivity index (χ3v) is 9.41. The van der Waals surface area contributed by atoms with Crippen LogP contribution in [0.5, 0.6) is 0 Å². The molecule has 2 N–H and O–H groups in total. The monoisotopic (exact) mass is 552 g/mol. The van der Waals surface area contributed by atoms with E-state index < -0.39 is 23.8 Å². The molecule has 0 saturated carbocycles. The van der Waals surface area contributed by atoms with Gasteiger partial charge in [0, 0.05) is 9.75 Å². The Hall–Kier alpha value is -3.50. The fraction of sp³-hybridized carbons (Fsp3) is 0.357. The van der Waals surface area contributed by atoms with E-state index in [1.165, 1.54) is 36.9 Å². The topological polar surface area (TPSA) is 111 Å². The fourth-order valence-corrected chi connectivity index (χ4v) is 7.71. The molecule has 0 fully saturated rings. The van der Waals surface area contributed by atoms with Crippen LogP contribution in [0.1, 0.15) is 88.0 Å². The van der Waals surface area contributed by atoms with Crippen LogP contribution in [-0.2, 0) is 35.2 Å². The summed E-state index contributed by atoms with van der Waals surface area (Å²) < 4.78 is 10.0. The van der Waals surface area contributed by atoms with E-state index in [0.29, 0.717) is 21.1 Å². The first-order valence-electron chi connectivity index (χ1n) is 12.6. The molecule has 0 radical (unpaired) electrons. The van der Waals surface area contributed by atoms with Crippen LogP contribution in [0.25, 0.3) is 0 Å². The van der Waals surface area contributed by atoms with E-state index in [9.17, 15) is 19.2 Å². The van der Waals surface area contributed by atoms with Gasteiger partial charge in [-0.2, -0.15) is 0 Å². The summed E-state index contributed by atoms with van der Waals surface area (Å²) in [6.07, 6.45) is 7.25. The van der Waals surface area contributed by atoms with Gasteiger partial charge in [-0.1, -0.05) is 12.1 Å². The SMILES string of the molecule is COC(=O)c1c(NC(=O)c2ccccc2C(=O)Nc2sc3c(c2C(=O)OC)CCCC3)sc2c1CCCC2. The molecule has 0 atom stereocenters. The first kappa shape index (κ1) is 26.1. The highest BCUT2D eigenvalue weighted by Crippen LogP contribution is 2.40. The molecular formula is C28H28N2O6S2. The van der Waals surface area contributed by atoms with Gasteiger partial charge in [0.25, 0.3) is 11.8 Å². The lowest BCUT2D eigenvalue weighted by atomic mass is 9.95. The summed E-state index contributed by atoms with van der Waals surface area (Å²) in [4.78, 5) is 54.2. The van der Waals surface area contributed by atoms with Crippen LogP contribution in [-0.4, -0.2) is 38.0 Å². The highest BCUT2D eigenvalue weighted by molar-refractivity contribution is 7.17. The molecule has 198 valence electrons. The van der Waals surface area contributed by atoms with Crippen LogP contribution in [0.4, 0.5) is 10.0 Å². The third-order valence-electron chi connectivity index (χ3n) is 6.99. The molecule has 10 heteroatoms. The number of ether oxygens (including phenoxy) is 2. The Morgan fingerprint density at radius 3 is 1.45 bits per heavy atom. The van der Waals surface area contributed by atoms with Crippen LogP contribution in [0.2, 0.25) is 0 Å². The van der Waals surface area contributed by atoms with Crippen LogP contribution in [0, 0.1) is 0 Å². The number of rotatable bonds is 6. The minimum Gasteiger partial charge on any atom is -0.465 e. The summed E-state index contributed by atoms with van der Waals surface area (Å²) in [5, 5.41) is 6.59. The Bertz CT molecular complexity index is 1330. The molecule has 2 amide bonds. The highest BCUT2D eigenvalue weighted by Gasteiger charge is 2.30. The van der Waals surface area contributed by atoms with E-state index in [1.54, 1.807) is 24.3 Å². The number of nitrogens with one attached hydrogen (secondary N) is 2. The van der Waals surface area contributed by atoms with Crippen molar-refractivity contribution >= 4 is 56.4 Å². The Balaban J connectivity index is 1.44. The van der Waals surface area contributed by atoms with Crippen molar-refractivity contribution < 1.29 is 28.7 Å². The standard InChI is InChI=1S/C28H28N2O6S2/c1-35-27(33)21-17-11-5-7-13-19(17)37-25(21)29-23(31)15-9-3-4-10-16(15)24(32)30-26-22(28(34)36-2)18-12-6-8-14-20(18)38-26/h3-4,9-10H,5-8,11-14H2,1-2H3,(H,29,31)(H,30,32). The van der Waals surface area contributed by atoms with Crippen molar-refractivity contribution in [2.45, 2.75) is 51.4 Å². The molecule has 0 aliphatic heterocycles. The maximum absolute atomic E-state index is 13.4. The van der Waals surface area contributed by atoms with Crippen molar-refractivity contribution in [2.75, 3.05) is 24.9 Å². The predicted molar refractivity (Wildman–Crippen MR) is 147 cm³/mol. The summed E-state index contributed by atoms with van der Waals surface area (Å²) >= 11 is 2.77. The molecule has 2 heterocycles. The number of benzene rings is 1. The zero-order valence-electron chi connectivity index (χ0n) is 21.2. The van der Waals surface area contributed by atoms with Gasteiger partial charge >= 0.3 is 11.9 Å². The van der Waals surface area contributed by atoms with Gasteiger partial charge in [0.2, 0.25) is 0 Å². The van der Waals surface area contributed by atoms with E-state index >= 15 is 0 Å². The number of thiophene rings is 2. The van der Waals surface area contributed by atoms with Gasteiger partial charge in [0.15, 0.2) is 0 Å². The number of esters is 2. The quantitative estimate of drug-likeness (QED) is 0.383. The van der Waals surface area contributed by atoms with Crippen molar-refractivity contribution in [1.29, 1.82) is 0 Å². The van der Waals surface area contributed by atoms with E-state index in [2.05, 4.69) is 10.6 Å². The molecule has 0 spiro atoms. The van der Waals surface area contributed by atoms with Gasteiger partial charge in [-0.3, -0.25) is 9.59 Å². The molecule has 38 heavy (non-hydrogen) atoms. The Morgan fingerprint density at radius 2 is 1.05 bits per heavy atom. The molecule has 1 aromatic carbocycles. The normalized spacial score (nSPS) is 14.2. The van der Waals surface area contributed by atoms with E-state index in [4.69, 9.17) is 9.47 Å². The van der Waals surface area contributed by atoms with E-state index in [-0.39, 0.29) is 11.1 Å². The first-order chi connectivity index (χ1) is 18.4. The molecule has 0 saturated heterocycles. The number of hydrogen-bond donors (Lipinski definition) is 2. The average molecular weight is 553 g/mol. The lowest BCUT2D eigenvalue weighted by Crippen LogP contribution is -2.21.